The number of carbonyl (C=O) groups is 1. The summed E-state index contributed by atoms with van der Waals surface area (Å²) in [6.45, 7) is 5.32. The van der Waals surface area contributed by atoms with E-state index in [-0.39, 0.29) is 0 Å². The van der Waals surface area contributed by atoms with E-state index in [1.54, 1.807) is 0 Å². The fourth-order valence-electron chi connectivity index (χ4n) is 1.67. The molecule has 2 nitrogen and oxygen atoms in total. The second kappa shape index (κ2) is 4.48. The third-order valence-corrected chi connectivity index (χ3v) is 2.58. The predicted molar refractivity (Wildman–Crippen MR) is 49.9 cm³/mol. The van der Waals surface area contributed by atoms with Crippen molar-refractivity contribution in [1.29, 1.82) is 0 Å². The van der Waals surface area contributed by atoms with Crippen LogP contribution in [0, 0.1) is 0 Å². The molecule has 0 N–H and O–H groups in total. The van der Waals surface area contributed by atoms with Crippen LogP contribution in [0.5, 0.6) is 0 Å². The van der Waals surface area contributed by atoms with Gasteiger partial charge in [0, 0.05) is 19.0 Å². The molecule has 1 saturated heterocycles. The first-order chi connectivity index (χ1) is 5.75. The molecular weight excluding hydrogens is 150 g/mol. The molecule has 1 aliphatic heterocycles. The van der Waals surface area contributed by atoms with Gasteiger partial charge < -0.3 is 4.90 Å². The van der Waals surface area contributed by atoms with E-state index in [1.165, 1.54) is 25.7 Å². The predicted octanol–water partition coefficient (Wildman–Crippen LogP) is 2.19. The summed E-state index contributed by atoms with van der Waals surface area (Å²) in [5, 5.41) is 0. The second-order valence-electron chi connectivity index (χ2n) is 3.70. The summed E-state index contributed by atoms with van der Waals surface area (Å²) in [6.07, 6.45) is 5.80. The van der Waals surface area contributed by atoms with E-state index < -0.39 is 0 Å². The number of unbranched alkanes of at least 4 members (excludes halogenated alkanes) is 3. The van der Waals surface area contributed by atoms with E-state index in [1.807, 2.05) is 4.90 Å². The topological polar surface area (TPSA) is 20.3 Å². The molecule has 1 aliphatic rings. The fraction of sp³-hybridized carbons (Fsp3) is 0.900. The lowest BCUT2D eigenvalue weighted by Gasteiger charge is -2.38. The molecule has 1 heterocycles. The Morgan fingerprint density at radius 3 is 2.67 bits per heavy atom. The number of β-lactam (4-membered cyclic amide) rings is 1. The monoisotopic (exact) mass is 169 g/mol. The first kappa shape index (κ1) is 9.56. The average molecular weight is 169 g/mol. The summed E-state index contributed by atoms with van der Waals surface area (Å²) >= 11 is 0. The fourth-order valence-corrected chi connectivity index (χ4v) is 1.67. The van der Waals surface area contributed by atoms with E-state index >= 15 is 0 Å². The van der Waals surface area contributed by atoms with Crippen LogP contribution in [0.25, 0.3) is 0 Å². The van der Waals surface area contributed by atoms with Crippen LogP contribution in [0.2, 0.25) is 0 Å². The Kier molecular flexibility index (Phi) is 3.57. The van der Waals surface area contributed by atoms with Gasteiger partial charge in [0.15, 0.2) is 0 Å². The molecule has 0 spiro atoms. The van der Waals surface area contributed by atoms with E-state index in [0.717, 1.165) is 13.0 Å². The van der Waals surface area contributed by atoms with Crippen LogP contribution in [-0.2, 0) is 4.79 Å². The second-order valence-corrected chi connectivity index (χ2v) is 3.70. The van der Waals surface area contributed by atoms with Gasteiger partial charge in [0.25, 0.3) is 0 Å². The van der Waals surface area contributed by atoms with Gasteiger partial charge in [-0.2, -0.15) is 0 Å². The molecule has 0 aliphatic carbocycles. The normalized spacial score (nSPS) is 22.7. The molecule has 0 aromatic carbocycles. The minimum atomic E-state index is 0.346. The van der Waals surface area contributed by atoms with Crippen LogP contribution < -0.4 is 0 Å². The minimum Gasteiger partial charge on any atom is -0.339 e. The van der Waals surface area contributed by atoms with Crippen molar-refractivity contribution in [3.05, 3.63) is 0 Å². The number of carbonyl (C=O) groups excluding carboxylic acids is 1. The Bertz CT molecular complexity index is 156. The van der Waals surface area contributed by atoms with Crippen LogP contribution in [0.3, 0.4) is 0 Å². The van der Waals surface area contributed by atoms with E-state index in [4.69, 9.17) is 0 Å². The quantitative estimate of drug-likeness (QED) is 0.456. The summed E-state index contributed by atoms with van der Waals surface area (Å²) in [7, 11) is 0. The highest BCUT2D eigenvalue weighted by molar-refractivity contribution is 5.82. The first-order valence-electron chi connectivity index (χ1n) is 5.05. The van der Waals surface area contributed by atoms with Gasteiger partial charge in [-0.25, -0.2) is 0 Å². The number of amides is 1. The highest BCUT2D eigenvalue weighted by atomic mass is 16.2. The zero-order chi connectivity index (χ0) is 8.97. The van der Waals surface area contributed by atoms with Gasteiger partial charge in [0.2, 0.25) is 5.91 Å². The van der Waals surface area contributed by atoms with Crippen molar-refractivity contribution < 1.29 is 4.79 Å². The lowest BCUT2D eigenvalue weighted by Crippen LogP contribution is -2.51. The largest absolute Gasteiger partial charge is 0.339 e. The standard InChI is InChI=1S/C10H19NO/c1-3-4-5-6-7-11-9(2)8-10(11)12/h9H,3-8H2,1-2H3. The van der Waals surface area contributed by atoms with Gasteiger partial charge in [-0.05, 0) is 13.3 Å². The molecule has 0 radical (unpaired) electrons. The summed E-state index contributed by atoms with van der Waals surface area (Å²) in [4.78, 5) is 13.0. The highest BCUT2D eigenvalue weighted by Gasteiger charge is 2.30. The molecular formula is C10H19NO. The van der Waals surface area contributed by atoms with Gasteiger partial charge in [0.1, 0.15) is 0 Å². The van der Waals surface area contributed by atoms with Gasteiger partial charge in [0.05, 0.1) is 0 Å². The van der Waals surface area contributed by atoms with Crippen LogP contribution in [0.1, 0.15) is 46.0 Å². The Labute approximate surface area is 74.9 Å². The Morgan fingerprint density at radius 1 is 1.42 bits per heavy atom. The number of nitrogens with zero attached hydrogens (tertiary/aromatic N) is 1. The van der Waals surface area contributed by atoms with Crippen molar-refractivity contribution in [3.8, 4) is 0 Å². The molecule has 12 heavy (non-hydrogen) atoms. The van der Waals surface area contributed by atoms with E-state index in [2.05, 4.69) is 13.8 Å². The summed E-state index contributed by atoms with van der Waals surface area (Å²) < 4.78 is 0. The summed E-state index contributed by atoms with van der Waals surface area (Å²) in [5.74, 6) is 0.346. The van der Waals surface area contributed by atoms with Crippen LogP contribution in [0.15, 0.2) is 0 Å². The third-order valence-electron chi connectivity index (χ3n) is 2.58. The molecule has 0 aromatic heterocycles. The van der Waals surface area contributed by atoms with Gasteiger partial charge in [-0.3, -0.25) is 4.79 Å². The SMILES string of the molecule is CCCCCCN1C(=O)CC1C. The number of hydrogen-bond donors (Lipinski definition) is 0. The Balaban J connectivity index is 2.03. The van der Waals surface area contributed by atoms with Crippen LogP contribution in [0.4, 0.5) is 0 Å². The van der Waals surface area contributed by atoms with E-state index in [9.17, 15) is 4.79 Å². The average Bonchev–Trinajstić information content (AvgIpc) is 2.04. The maximum absolute atomic E-state index is 11.0. The number of hydrogen-bond acceptors (Lipinski definition) is 1. The molecule has 1 amide bonds. The molecule has 0 saturated carbocycles. The van der Waals surface area contributed by atoms with E-state index in [0.29, 0.717) is 11.9 Å². The molecule has 1 unspecified atom stereocenters. The first-order valence-corrected chi connectivity index (χ1v) is 5.05. The Hall–Kier alpha value is -0.530. The van der Waals surface area contributed by atoms with Crippen molar-refractivity contribution >= 4 is 5.91 Å². The zero-order valence-corrected chi connectivity index (χ0v) is 8.18. The maximum atomic E-state index is 11.0. The van der Waals surface area contributed by atoms with Crippen molar-refractivity contribution in [2.45, 2.75) is 52.0 Å². The minimum absolute atomic E-state index is 0.346. The molecule has 0 aromatic rings. The molecule has 70 valence electrons. The number of likely N-dealkylation sites (tertiary alicyclic amines) is 1. The highest BCUT2D eigenvalue weighted by Crippen LogP contribution is 2.18. The van der Waals surface area contributed by atoms with Crippen molar-refractivity contribution in [3.63, 3.8) is 0 Å². The van der Waals surface area contributed by atoms with Crippen molar-refractivity contribution in [2.75, 3.05) is 6.54 Å². The van der Waals surface area contributed by atoms with Crippen LogP contribution in [-0.4, -0.2) is 23.4 Å². The van der Waals surface area contributed by atoms with Crippen molar-refractivity contribution in [2.24, 2.45) is 0 Å². The van der Waals surface area contributed by atoms with Gasteiger partial charge >= 0.3 is 0 Å². The third kappa shape index (κ3) is 2.23. The zero-order valence-electron chi connectivity index (χ0n) is 8.18. The molecule has 1 fully saturated rings. The van der Waals surface area contributed by atoms with Gasteiger partial charge in [-0.1, -0.05) is 26.2 Å². The van der Waals surface area contributed by atoms with Gasteiger partial charge in [-0.15, -0.1) is 0 Å². The lowest BCUT2D eigenvalue weighted by atomic mass is 10.0. The summed E-state index contributed by atoms with van der Waals surface area (Å²) in [5.41, 5.74) is 0. The lowest BCUT2D eigenvalue weighted by molar-refractivity contribution is -0.144. The molecule has 2 heteroatoms. The molecule has 1 atom stereocenters. The Morgan fingerprint density at radius 2 is 2.17 bits per heavy atom. The number of rotatable bonds is 5. The molecule has 0 bridgehead atoms. The molecule has 1 rings (SSSR count). The maximum Gasteiger partial charge on any atom is 0.224 e. The van der Waals surface area contributed by atoms with Crippen molar-refractivity contribution in [1.82, 2.24) is 4.90 Å². The van der Waals surface area contributed by atoms with Crippen LogP contribution >= 0.6 is 0 Å². The summed E-state index contributed by atoms with van der Waals surface area (Å²) in [6, 6.07) is 0.513. The smallest absolute Gasteiger partial charge is 0.224 e.